The second-order valence-electron chi connectivity index (χ2n) is 10.2. The van der Waals surface area contributed by atoms with Gasteiger partial charge in [0.2, 0.25) is 5.91 Å². The predicted octanol–water partition coefficient (Wildman–Crippen LogP) is 3.81. The quantitative estimate of drug-likeness (QED) is 0.694. The molecule has 170 valence electrons. The summed E-state index contributed by atoms with van der Waals surface area (Å²) in [5, 5.41) is 12.4. The number of ether oxygens (including phenoxy) is 2. The molecule has 2 aliphatic heterocycles. The molecule has 1 amide bonds. The van der Waals surface area contributed by atoms with E-state index in [1.807, 2.05) is 18.2 Å². The van der Waals surface area contributed by atoms with Crippen molar-refractivity contribution in [2.24, 2.45) is 23.7 Å². The monoisotopic (exact) mass is 427 g/mol. The van der Waals surface area contributed by atoms with E-state index in [0.717, 1.165) is 24.8 Å². The van der Waals surface area contributed by atoms with Gasteiger partial charge in [-0.1, -0.05) is 63.3 Å². The van der Waals surface area contributed by atoms with Gasteiger partial charge in [0.05, 0.1) is 30.0 Å². The fraction of sp³-hybridized carbons (Fsp3) is 0.654. The zero-order chi connectivity index (χ0) is 22.2. The van der Waals surface area contributed by atoms with Crippen molar-refractivity contribution in [2.75, 3.05) is 13.2 Å². The average Bonchev–Trinajstić information content (AvgIpc) is 3.26. The summed E-state index contributed by atoms with van der Waals surface area (Å²) in [5.41, 5.74) is 0.296. The van der Waals surface area contributed by atoms with Crippen LogP contribution in [0.2, 0.25) is 0 Å². The fourth-order valence-electron chi connectivity index (χ4n) is 6.56. The number of amides is 1. The number of aliphatic hydroxyl groups excluding tert-OH is 1. The molecule has 3 aliphatic rings. The van der Waals surface area contributed by atoms with Gasteiger partial charge in [-0.3, -0.25) is 4.79 Å². The Bertz CT molecular complexity index is 809. The van der Waals surface area contributed by atoms with Gasteiger partial charge in [-0.2, -0.15) is 0 Å². The lowest BCUT2D eigenvalue weighted by Gasteiger charge is -2.53. The lowest BCUT2D eigenvalue weighted by atomic mass is 9.69. The smallest absolute Gasteiger partial charge is 0.246 e. The Morgan fingerprint density at radius 3 is 2.74 bits per heavy atom. The van der Waals surface area contributed by atoms with Crippen LogP contribution in [0.25, 0.3) is 6.08 Å². The first-order chi connectivity index (χ1) is 14.8. The number of carbonyl (C=O) groups is 1. The van der Waals surface area contributed by atoms with Crippen LogP contribution in [0.4, 0.5) is 0 Å². The van der Waals surface area contributed by atoms with Gasteiger partial charge in [0.25, 0.3) is 0 Å². The molecule has 0 spiro atoms. The van der Waals surface area contributed by atoms with Crippen LogP contribution in [0.3, 0.4) is 0 Å². The Kier molecular flexibility index (Phi) is 6.30. The highest BCUT2D eigenvalue weighted by molar-refractivity contribution is 5.77. The summed E-state index contributed by atoms with van der Waals surface area (Å²) in [6.45, 7) is 8.96. The molecule has 2 N–H and O–H groups in total. The number of benzene rings is 1. The van der Waals surface area contributed by atoms with E-state index in [2.05, 4.69) is 57.3 Å². The number of aliphatic hydroxyl groups is 1. The third-order valence-electron chi connectivity index (χ3n) is 8.19. The van der Waals surface area contributed by atoms with Crippen molar-refractivity contribution < 1.29 is 19.4 Å². The molecule has 2 heterocycles. The third-order valence-corrected chi connectivity index (χ3v) is 8.19. The molecule has 1 saturated carbocycles. The zero-order valence-electron chi connectivity index (χ0n) is 19.2. The molecule has 7 atom stereocenters. The summed E-state index contributed by atoms with van der Waals surface area (Å²) in [6, 6.07) is 10.1. The standard InChI is InChI=1S/C26H37NO4/c1-17(2)26-15-21(27-22(29)16-28)25(4,31-26)20-13-12-18(3)23(20)24(26)30-14-8-11-19-9-6-5-7-10-19/h5-11,17-18,20-21,23-24,28H,12-16H2,1-4H3,(H,27,29)/b11-8+. The van der Waals surface area contributed by atoms with Crippen LogP contribution < -0.4 is 5.32 Å². The number of hydrogen-bond acceptors (Lipinski definition) is 4. The highest BCUT2D eigenvalue weighted by atomic mass is 16.6. The van der Waals surface area contributed by atoms with Gasteiger partial charge < -0.3 is 19.9 Å². The summed E-state index contributed by atoms with van der Waals surface area (Å²) < 4.78 is 13.6. The van der Waals surface area contributed by atoms with Crippen molar-refractivity contribution in [1.82, 2.24) is 5.32 Å². The fourth-order valence-corrected chi connectivity index (χ4v) is 6.56. The maximum Gasteiger partial charge on any atom is 0.246 e. The maximum atomic E-state index is 12.1. The number of fused-ring (bicyclic) bond motifs is 4. The van der Waals surface area contributed by atoms with Crippen LogP contribution >= 0.6 is 0 Å². The zero-order valence-corrected chi connectivity index (χ0v) is 19.2. The third kappa shape index (κ3) is 3.85. The molecule has 2 saturated heterocycles. The van der Waals surface area contributed by atoms with Gasteiger partial charge in [0.15, 0.2) is 0 Å². The van der Waals surface area contributed by atoms with Crippen LogP contribution in [-0.2, 0) is 14.3 Å². The maximum absolute atomic E-state index is 12.1. The number of hydrogen-bond donors (Lipinski definition) is 2. The summed E-state index contributed by atoms with van der Waals surface area (Å²) in [7, 11) is 0. The van der Waals surface area contributed by atoms with Crippen molar-refractivity contribution in [1.29, 1.82) is 0 Å². The average molecular weight is 428 g/mol. The first-order valence-corrected chi connectivity index (χ1v) is 11.8. The Morgan fingerprint density at radius 2 is 2.06 bits per heavy atom. The van der Waals surface area contributed by atoms with E-state index < -0.39 is 17.8 Å². The summed E-state index contributed by atoms with van der Waals surface area (Å²) in [5.74, 6) is 1.22. The SMILES string of the molecule is CC1CCC2C1C(OC/C=C/c1ccccc1)C1(C(C)C)CC(NC(=O)CO)C2(C)O1. The number of nitrogens with one attached hydrogen (secondary N) is 1. The summed E-state index contributed by atoms with van der Waals surface area (Å²) >= 11 is 0. The molecule has 5 nitrogen and oxygen atoms in total. The molecule has 0 radical (unpaired) electrons. The largest absolute Gasteiger partial charge is 0.387 e. The lowest BCUT2D eigenvalue weighted by molar-refractivity contribution is -0.263. The molecule has 1 aromatic carbocycles. The van der Waals surface area contributed by atoms with Crippen molar-refractivity contribution in [3.63, 3.8) is 0 Å². The second kappa shape index (κ2) is 8.68. The topological polar surface area (TPSA) is 67.8 Å². The Hall–Kier alpha value is -1.69. The van der Waals surface area contributed by atoms with E-state index in [9.17, 15) is 9.90 Å². The molecular weight excluding hydrogens is 390 g/mol. The number of rotatable bonds is 7. The summed E-state index contributed by atoms with van der Waals surface area (Å²) in [4.78, 5) is 12.1. The van der Waals surface area contributed by atoms with Gasteiger partial charge in [-0.25, -0.2) is 0 Å². The van der Waals surface area contributed by atoms with Crippen LogP contribution in [0, 0.1) is 23.7 Å². The van der Waals surface area contributed by atoms with E-state index in [-0.39, 0.29) is 24.0 Å². The minimum Gasteiger partial charge on any atom is -0.387 e. The summed E-state index contributed by atoms with van der Waals surface area (Å²) in [6.07, 6.45) is 7.14. The van der Waals surface area contributed by atoms with Crippen LogP contribution in [0.1, 0.15) is 52.5 Å². The molecule has 0 aromatic heterocycles. The molecule has 31 heavy (non-hydrogen) atoms. The van der Waals surface area contributed by atoms with Gasteiger partial charge in [0.1, 0.15) is 6.61 Å². The molecule has 2 bridgehead atoms. The van der Waals surface area contributed by atoms with Gasteiger partial charge >= 0.3 is 0 Å². The first-order valence-electron chi connectivity index (χ1n) is 11.8. The highest BCUT2D eigenvalue weighted by Crippen LogP contribution is 2.62. The van der Waals surface area contributed by atoms with E-state index in [1.165, 1.54) is 0 Å². The van der Waals surface area contributed by atoms with E-state index >= 15 is 0 Å². The lowest BCUT2D eigenvalue weighted by Crippen LogP contribution is -2.62. The molecule has 7 unspecified atom stereocenters. The first kappa shape index (κ1) is 22.5. The Balaban J connectivity index is 1.60. The van der Waals surface area contributed by atoms with Crippen molar-refractivity contribution in [3.05, 3.63) is 42.0 Å². The van der Waals surface area contributed by atoms with Crippen molar-refractivity contribution in [3.8, 4) is 0 Å². The van der Waals surface area contributed by atoms with Gasteiger partial charge in [-0.15, -0.1) is 0 Å². The molecular formula is C26H37NO4. The second-order valence-corrected chi connectivity index (χ2v) is 10.2. The van der Waals surface area contributed by atoms with Gasteiger partial charge in [0, 0.05) is 6.42 Å². The van der Waals surface area contributed by atoms with Crippen molar-refractivity contribution in [2.45, 2.75) is 70.3 Å². The van der Waals surface area contributed by atoms with Crippen molar-refractivity contribution >= 4 is 12.0 Å². The number of carbonyl (C=O) groups excluding carboxylic acids is 1. The Morgan fingerprint density at radius 1 is 1.32 bits per heavy atom. The minimum atomic E-state index is -0.490. The molecule has 5 heteroatoms. The Labute approximate surface area is 186 Å². The molecule has 1 aliphatic carbocycles. The van der Waals surface area contributed by atoms with E-state index in [4.69, 9.17) is 9.47 Å². The minimum absolute atomic E-state index is 0.0143. The highest BCUT2D eigenvalue weighted by Gasteiger charge is 2.70. The van der Waals surface area contributed by atoms with E-state index in [1.54, 1.807) is 0 Å². The normalized spacial score (nSPS) is 39.2. The van der Waals surface area contributed by atoms with Gasteiger partial charge in [-0.05, 0) is 49.0 Å². The molecule has 1 aromatic rings. The van der Waals surface area contributed by atoms with Crippen LogP contribution in [-0.4, -0.2) is 47.6 Å². The van der Waals surface area contributed by atoms with E-state index in [0.29, 0.717) is 24.4 Å². The van der Waals surface area contributed by atoms with Crippen LogP contribution in [0.5, 0.6) is 0 Å². The molecule has 4 rings (SSSR count). The van der Waals surface area contributed by atoms with Crippen LogP contribution in [0.15, 0.2) is 36.4 Å². The predicted molar refractivity (Wildman–Crippen MR) is 121 cm³/mol. The molecule has 3 fully saturated rings.